The van der Waals surface area contributed by atoms with E-state index >= 15 is 0 Å². The van der Waals surface area contributed by atoms with Crippen LogP contribution in [0.4, 0.5) is 0 Å². The molecule has 0 bridgehead atoms. The Morgan fingerprint density at radius 3 is 2.71 bits per heavy atom. The summed E-state index contributed by atoms with van der Waals surface area (Å²) >= 11 is 0. The number of hydrogen-bond donors (Lipinski definition) is 0. The topological polar surface area (TPSA) is 51.5 Å². The van der Waals surface area contributed by atoms with Crippen LogP contribution < -0.4 is 5.56 Å². The Bertz CT molecular complexity index is 941. The van der Waals surface area contributed by atoms with Crippen molar-refractivity contribution >= 4 is 12.0 Å². The minimum absolute atomic E-state index is 0.0289. The average Bonchev–Trinajstić information content (AvgIpc) is 3.26. The second-order valence-corrected chi connectivity index (χ2v) is 8.71. The lowest BCUT2D eigenvalue weighted by atomic mass is 10.1. The van der Waals surface area contributed by atoms with Gasteiger partial charge in [0.1, 0.15) is 5.56 Å². The van der Waals surface area contributed by atoms with Gasteiger partial charge >= 0.3 is 0 Å². The summed E-state index contributed by atoms with van der Waals surface area (Å²) in [6.45, 7) is 8.40. The van der Waals surface area contributed by atoms with E-state index in [9.17, 15) is 9.59 Å². The maximum Gasteiger partial charge on any atom is 0.263 e. The molecular formula is C26H34N2O3. The van der Waals surface area contributed by atoms with E-state index < -0.39 is 0 Å². The number of benzene rings is 1. The molecule has 1 fully saturated rings. The van der Waals surface area contributed by atoms with Crippen molar-refractivity contribution < 1.29 is 9.53 Å². The van der Waals surface area contributed by atoms with Gasteiger partial charge in [0.2, 0.25) is 0 Å². The number of amides is 1. The molecule has 0 N–H and O–H groups in total. The highest BCUT2D eigenvalue weighted by Gasteiger charge is 2.26. The van der Waals surface area contributed by atoms with Gasteiger partial charge in [0.05, 0.1) is 6.10 Å². The smallest absolute Gasteiger partial charge is 0.263 e. The molecule has 1 aromatic heterocycles. The number of carbonyl (C=O) groups excluding carboxylic acids is 1. The Morgan fingerprint density at radius 2 is 2.03 bits per heavy atom. The van der Waals surface area contributed by atoms with Gasteiger partial charge in [-0.2, -0.15) is 0 Å². The second kappa shape index (κ2) is 11.1. The molecule has 1 atom stereocenters. The maximum atomic E-state index is 13.5. The largest absolute Gasteiger partial charge is 0.376 e. The monoisotopic (exact) mass is 422 g/mol. The number of hydrogen-bond acceptors (Lipinski definition) is 3. The fourth-order valence-electron chi connectivity index (χ4n) is 3.81. The average molecular weight is 423 g/mol. The molecule has 31 heavy (non-hydrogen) atoms. The van der Waals surface area contributed by atoms with Crippen LogP contribution in [0.5, 0.6) is 0 Å². The summed E-state index contributed by atoms with van der Waals surface area (Å²) in [5.74, 6) is 0.279. The highest BCUT2D eigenvalue weighted by molar-refractivity contribution is 5.95. The van der Waals surface area contributed by atoms with E-state index in [0.717, 1.165) is 37.0 Å². The van der Waals surface area contributed by atoms with Crippen molar-refractivity contribution in [3.05, 3.63) is 75.7 Å². The lowest BCUT2D eigenvalue weighted by Crippen LogP contribution is -2.41. The molecule has 1 saturated heterocycles. The summed E-state index contributed by atoms with van der Waals surface area (Å²) in [5.41, 5.74) is 1.88. The number of aryl methyl sites for hydroxylation is 2. The third-order valence-electron chi connectivity index (χ3n) is 5.71. The first-order valence-corrected chi connectivity index (χ1v) is 11.3. The highest BCUT2D eigenvalue weighted by atomic mass is 16.5. The molecule has 0 radical (unpaired) electrons. The zero-order valence-electron chi connectivity index (χ0n) is 18.9. The summed E-state index contributed by atoms with van der Waals surface area (Å²) in [6.07, 6.45) is 8.68. The van der Waals surface area contributed by atoms with Gasteiger partial charge in [-0.25, -0.2) is 0 Å². The van der Waals surface area contributed by atoms with E-state index in [4.69, 9.17) is 4.74 Å². The summed E-state index contributed by atoms with van der Waals surface area (Å²) in [7, 11) is 0. The summed E-state index contributed by atoms with van der Waals surface area (Å²) < 4.78 is 7.45. The molecule has 166 valence electrons. The van der Waals surface area contributed by atoms with Crippen molar-refractivity contribution in [2.45, 2.75) is 52.7 Å². The van der Waals surface area contributed by atoms with E-state index in [1.165, 1.54) is 0 Å². The molecule has 1 aromatic carbocycles. The fraction of sp³-hybridized carbons (Fsp3) is 0.462. The van der Waals surface area contributed by atoms with E-state index in [1.54, 1.807) is 15.7 Å². The molecule has 1 aliphatic heterocycles. The Kier molecular flexibility index (Phi) is 8.24. The number of rotatable bonds is 9. The number of pyridine rings is 1. The van der Waals surface area contributed by atoms with Crippen LogP contribution in [0.3, 0.4) is 0 Å². The normalized spacial score (nSPS) is 16.3. The Hall–Kier alpha value is -2.66. The van der Waals surface area contributed by atoms with Crippen molar-refractivity contribution in [1.82, 2.24) is 9.47 Å². The standard InChI is InChI=1S/C26H34N2O3/c1-20(2)13-16-27-17-14-21(3)24(25(27)29)26(30)28(19-23-12-8-18-31-23)15-7-11-22-9-5-4-6-10-22/h4-7,9-11,14,17,20,23H,8,12-13,15-16,18-19H2,1-3H3/b11-7+. The van der Waals surface area contributed by atoms with Gasteiger partial charge in [0.15, 0.2) is 0 Å². The minimum Gasteiger partial charge on any atom is -0.376 e. The van der Waals surface area contributed by atoms with E-state index in [1.807, 2.05) is 55.5 Å². The van der Waals surface area contributed by atoms with Gasteiger partial charge < -0.3 is 14.2 Å². The van der Waals surface area contributed by atoms with Crippen molar-refractivity contribution in [2.24, 2.45) is 5.92 Å². The zero-order valence-corrected chi connectivity index (χ0v) is 18.9. The fourth-order valence-corrected chi connectivity index (χ4v) is 3.81. The minimum atomic E-state index is -0.213. The number of aromatic nitrogens is 1. The molecule has 1 unspecified atom stereocenters. The molecule has 5 heteroatoms. The molecule has 1 amide bonds. The first-order chi connectivity index (χ1) is 15.0. The number of ether oxygens (including phenoxy) is 1. The lowest BCUT2D eigenvalue weighted by molar-refractivity contribution is 0.0551. The molecule has 0 aliphatic carbocycles. The molecule has 5 nitrogen and oxygen atoms in total. The Labute approximate surface area is 185 Å². The highest BCUT2D eigenvalue weighted by Crippen LogP contribution is 2.16. The molecule has 0 spiro atoms. The number of nitrogens with zero attached hydrogens (tertiary/aromatic N) is 2. The third kappa shape index (κ3) is 6.41. The van der Waals surface area contributed by atoms with Crippen molar-refractivity contribution in [1.29, 1.82) is 0 Å². The van der Waals surface area contributed by atoms with E-state index in [0.29, 0.717) is 25.6 Å². The van der Waals surface area contributed by atoms with E-state index in [2.05, 4.69) is 13.8 Å². The molecule has 2 heterocycles. The van der Waals surface area contributed by atoms with Gasteiger partial charge in [0, 0.05) is 32.4 Å². The van der Waals surface area contributed by atoms with Gasteiger partial charge in [0.25, 0.3) is 11.5 Å². The van der Waals surface area contributed by atoms with Crippen LogP contribution in [0, 0.1) is 12.8 Å². The van der Waals surface area contributed by atoms with Gasteiger partial charge in [-0.15, -0.1) is 0 Å². The van der Waals surface area contributed by atoms with E-state index in [-0.39, 0.29) is 23.1 Å². The van der Waals surface area contributed by atoms with Crippen molar-refractivity contribution in [3.8, 4) is 0 Å². The first kappa shape index (κ1) is 23.0. The van der Waals surface area contributed by atoms with Crippen LogP contribution in [0.25, 0.3) is 6.08 Å². The second-order valence-electron chi connectivity index (χ2n) is 8.71. The molecular weight excluding hydrogens is 388 g/mol. The van der Waals surface area contributed by atoms with Crippen molar-refractivity contribution in [3.63, 3.8) is 0 Å². The Morgan fingerprint density at radius 1 is 1.26 bits per heavy atom. The van der Waals surface area contributed by atoms with Gasteiger partial charge in [-0.3, -0.25) is 9.59 Å². The summed E-state index contributed by atoms with van der Waals surface area (Å²) in [5, 5.41) is 0. The van der Waals surface area contributed by atoms with Gasteiger partial charge in [-0.1, -0.05) is 56.3 Å². The predicted molar refractivity (Wildman–Crippen MR) is 125 cm³/mol. The third-order valence-corrected chi connectivity index (χ3v) is 5.71. The van der Waals surface area contributed by atoms with Gasteiger partial charge in [-0.05, 0) is 49.3 Å². The zero-order chi connectivity index (χ0) is 22.2. The molecule has 1 aliphatic rings. The molecule has 0 saturated carbocycles. The van der Waals surface area contributed by atoms with Crippen molar-refractivity contribution in [2.75, 3.05) is 19.7 Å². The van der Waals surface area contributed by atoms with Crippen LogP contribution in [0.1, 0.15) is 54.6 Å². The van der Waals surface area contributed by atoms with Crippen LogP contribution in [0.15, 0.2) is 53.5 Å². The SMILES string of the molecule is Cc1ccn(CCC(C)C)c(=O)c1C(=O)N(C/C=C/c1ccccc1)CC1CCCO1. The summed E-state index contributed by atoms with van der Waals surface area (Å²) in [6, 6.07) is 11.9. The lowest BCUT2D eigenvalue weighted by Gasteiger charge is -2.25. The predicted octanol–water partition coefficient (Wildman–Crippen LogP) is 4.54. The maximum absolute atomic E-state index is 13.5. The molecule has 3 rings (SSSR count). The molecule has 2 aromatic rings. The first-order valence-electron chi connectivity index (χ1n) is 11.3. The van der Waals surface area contributed by atoms with Crippen LogP contribution in [-0.4, -0.2) is 41.2 Å². The van der Waals surface area contributed by atoms with Crippen LogP contribution >= 0.6 is 0 Å². The summed E-state index contributed by atoms with van der Waals surface area (Å²) in [4.78, 5) is 28.4. The van der Waals surface area contributed by atoms with Crippen LogP contribution in [-0.2, 0) is 11.3 Å². The quantitative estimate of drug-likeness (QED) is 0.596. The van der Waals surface area contributed by atoms with Crippen LogP contribution in [0.2, 0.25) is 0 Å². The Balaban J connectivity index is 1.83. The number of carbonyl (C=O) groups is 1.